The standard InChI is InChI=1S/C20H29F2N3O4.ClH/c1-24(10-12-27-3)11-13-29-16-7-6-15(17(21)18(16)22)14-23-25(2)20(8-5-9-20)19(26)28-4;/h6-7,14H,5,8-13H2,1-4H3;1H/b23-14+;. The molecule has 0 atom stereocenters. The average Bonchev–Trinajstić information content (AvgIpc) is 2.67. The van der Waals surface area contributed by atoms with Crippen molar-refractivity contribution in [3.63, 3.8) is 0 Å². The van der Waals surface area contributed by atoms with E-state index in [2.05, 4.69) is 5.10 Å². The number of rotatable bonds is 11. The summed E-state index contributed by atoms with van der Waals surface area (Å²) in [4.78, 5) is 14.0. The van der Waals surface area contributed by atoms with Gasteiger partial charge in [0.2, 0.25) is 5.82 Å². The fourth-order valence-corrected chi connectivity index (χ4v) is 3.05. The molecule has 0 bridgehead atoms. The molecule has 1 aliphatic rings. The number of hydrogen-bond donors (Lipinski definition) is 0. The van der Waals surface area contributed by atoms with Crippen LogP contribution in [0.15, 0.2) is 17.2 Å². The first-order valence-electron chi connectivity index (χ1n) is 9.50. The van der Waals surface area contributed by atoms with Gasteiger partial charge in [-0.2, -0.15) is 9.49 Å². The molecule has 1 aromatic carbocycles. The fourth-order valence-electron chi connectivity index (χ4n) is 3.05. The van der Waals surface area contributed by atoms with Crippen LogP contribution in [0.3, 0.4) is 0 Å². The average molecular weight is 450 g/mol. The molecule has 0 amide bonds. The number of likely N-dealkylation sites (N-methyl/N-ethyl adjacent to an activating group) is 2. The lowest BCUT2D eigenvalue weighted by Gasteiger charge is -2.44. The van der Waals surface area contributed by atoms with Crippen LogP contribution in [-0.4, -0.2) is 82.2 Å². The van der Waals surface area contributed by atoms with Gasteiger partial charge in [0.15, 0.2) is 17.1 Å². The van der Waals surface area contributed by atoms with Gasteiger partial charge in [-0.15, -0.1) is 12.4 Å². The number of esters is 1. The molecule has 0 radical (unpaired) electrons. The highest BCUT2D eigenvalue weighted by molar-refractivity contribution is 5.85. The summed E-state index contributed by atoms with van der Waals surface area (Å²) in [6.07, 6.45) is 3.29. The summed E-state index contributed by atoms with van der Waals surface area (Å²) in [5, 5.41) is 5.60. The number of carbonyl (C=O) groups is 1. The Morgan fingerprint density at radius 1 is 1.17 bits per heavy atom. The molecule has 1 aliphatic carbocycles. The lowest BCUT2D eigenvalue weighted by atomic mass is 9.76. The Labute approximate surface area is 182 Å². The normalized spacial score (nSPS) is 14.9. The van der Waals surface area contributed by atoms with Gasteiger partial charge in [-0.3, -0.25) is 5.01 Å². The predicted octanol–water partition coefficient (Wildman–Crippen LogP) is 2.71. The minimum atomic E-state index is -1.07. The Balaban J connectivity index is 0.00000450. The molecule has 30 heavy (non-hydrogen) atoms. The van der Waals surface area contributed by atoms with Crippen LogP contribution in [0.1, 0.15) is 24.8 Å². The van der Waals surface area contributed by atoms with Gasteiger partial charge in [0.25, 0.3) is 0 Å². The first kappa shape index (κ1) is 26.1. The minimum Gasteiger partial charge on any atom is -0.489 e. The third-order valence-corrected chi connectivity index (χ3v) is 5.22. The zero-order chi connectivity index (χ0) is 21.4. The third kappa shape index (κ3) is 6.02. The molecule has 1 fully saturated rings. The summed E-state index contributed by atoms with van der Waals surface area (Å²) >= 11 is 0. The molecule has 1 aromatic rings. The van der Waals surface area contributed by atoms with Crippen molar-refractivity contribution < 1.29 is 27.8 Å². The molecule has 0 aromatic heterocycles. The molecular weight excluding hydrogens is 420 g/mol. The summed E-state index contributed by atoms with van der Waals surface area (Å²) in [7, 11) is 6.45. The van der Waals surface area contributed by atoms with E-state index in [1.54, 1.807) is 14.2 Å². The Kier molecular flexibility index (Phi) is 10.4. The second-order valence-electron chi connectivity index (χ2n) is 7.07. The number of hydrazone groups is 1. The summed E-state index contributed by atoms with van der Waals surface area (Å²) in [5.74, 6) is -2.65. The maximum absolute atomic E-state index is 14.4. The van der Waals surface area contributed by atoms with Crippen LogP contribution in [-0.2, 0) is 14.3 Å². The van der Waals surface area contributed by atoms with Crippen LogP contribution in [0.4, 0.5) is 8.78 Å². The van der Waals surface area contributed by atoms with Crippen LogP contribution < -0.4 is 4.74 Å². The predicted molar refractivity (Wildman–Crippen MR) is 112 cm³/mol. The van der Waals surface area contributed by atoms with Crippen LogP contribution in [0, 0.1) is 11.6 Å². The van der Waals surface area contributed by atoms with Crippen molar-refractivity contribution >= 4 is 24.6 Å². The molecule has 0 spiro atoms. The Morgan fingerprint density at radius 3 is 2.40 bits per heavy atom. The molecule has 10 heteroatoms. The SMILES string of the molecule is COCCN(C)CCOc1ccc(/C=N/N(C)C2(C(=O)OC)CCC2)c(F)c1F.Cl. The van der Waals surface area contributed by atoms with E-state index >= 15 is 0 Å². The van der Waals surface area contributed by atoms with Gasteiger partial charge >= 0.3 is 5.97 Å². The van der Waals surface area contributed by atoms with Crippen molar-refractivity contribution in [2.24, 2.45) is 5.10 Å². The van der Waals surface area contributed by atoms with Gasteiger partial charge in [-0.25, -0.2) is 9.18 Å². The molecule has 170 valence electrons. The van der Waals surface area contributed by atoms with E-state index in [1.165, 1.54) is 30.5 Å². The van der Waals surface area contributed by atoms with E-state index in [0.717, 1.165) is 6.42 Å². The van der Waals surface area contributed by atoms with E-state index in [1.807, 2.05) is 11.9 Å². The molecule has 0 heterocycles. The van der Waals surface area contributed by atoms with Crippen LogP contribution >= 0.6 is 12.4 Å². The first-order valence-corrected chi connectivity index (χ1v) is 9.50. The zero-order valence-electron chi connectivity index (χ0n) is 17.8. The van der Waals surface area contributed by atoms with E-state index in [9.17, 15) is 13.6 Å². The molecule has 0 N–H and O–H groups in total. The Hall–Kier alpha value is -1.97. The minimum absolute atomic E-state index is 0. The van der Waals surface area contributed by atoms with E-state index in [4.69, 9.17) is 14.2 Å². The van der Waals surface area contributed by atoms with Crippen LogP contribution in [0.25, 0.3) is 0 Å². The van der Waals surface area contributed by atoms with Crippen molar-refractivity contribution in [2.75, 3.05) is 54.6 Å². The number of ether oxygens (including phenoxy) is 3. The van der Waals surface area contributed by atoms with Gasteiger partial charge < -0.3 is 19.1 Å². The van der Waals surface area contributed by atoms with Gasteiger partial charge in [-0.05, 0) is 38.4 Å². The molecule has 1 saturated carbocycles. The molecule has 0 aliphatic heterocycles. The van der Waals surface area contributed by atoms with Gasteiger partial charge in [0.1, 0.15) is 6.61 Å². The van der Waals surface area contributed by atoms with Crippen molar-refractivity contribution in [3.05, 3.63) is 29.3 Å². The van der Waals surface area contributed by atoms with Crippen molar-refractivity contribution in [1.29, 1.82) is 0 Å². The zero-order valence-corrected chi connectivity index (χ0v) is 18.6. The lowest BCUT2D eigenvalue weighted by Crippen LogP contribution is -2.56. The lowest BCUT2D eigenvalue weighted by molar-refractivity contribution is -0.160. The number of carbonyl (C=O) groups excluding carboxylic acids is 1. The summed E-state index contributed by atoms with van der Waals surface area (Å²) in [6.45, 7) is 2.06. The summed E-state index contributed by atoms with van der Waals surface area (Å²) in [5.41, 5.74) is -0.865. The molecule has 0 saturated heterocycles. The molecule has 2 rings (SSSR count). The third-order valence-electron chi connectivity index (χ3n) is 5.22. The van der Waals surface area contributed by atoms with E-state index in [-0.39, 0.29) is 36.3 Å². The highest BCUT2D eigenvalue weighted by Crippen LogP contribution is 2.38. The van der Waals surface area contributed by atoms with Crippen LogP contribution in [0.2, 0.25) is 0 Å². The largest absolute Gasteiger partial charge is 0.489 e. The topological polar surface area (TPSA) is 63.6 Å². The number of halogens is 3. The van der Waals surface area contributed by atoms with E-state index < -0.39 is 17.2 Å². The molecule has 7 nitrogen and oxygen atoms in total. The summed E-state index contributed by atoms with van der Waals surface area (Å²) < 4.78 is 43.9. The number of nitrogens with zero attached hydrogens (tertiary/aromatic N) is 3. The van der Waals surface area contributed by atoms with Crippen LogP contribution in [0.5, 0.6) is 5.75 Å². The second-order valence-corrected chi connectivity index (χ2v) is 7.07. The maximum Gasteiger partial charge on any atom is 0.333 e. The monoisotopic (exact) mass is 449 g/mol. The molecule has 0 unspecified atom stereocenters. The summed E-state index contributed by atoms with van der Waals surface area (Å²) in [6, 6.07) is 2.76. The highest BCUT2D eigenvalue weighted by Gasteiger charge is 2.49. The van der Waals surface area contributed by atoms with E-state index in [0.29, 0.717) is 32.5 Å². The maximum atomic E-state index is 14.4. The Morgan fingerprint density at radius 2 is 1.83 bits per heavy atom. The van der Waals surface area contributed by atoms with Gasteiger partial charge in [-0.1, -0.05) is 0 Å². The number of hydrogen-bond acceptors (Lipinski definition) is 7. The van der Waals surface area contributed by atoms with Crippen molar-refractivity contribution in [2.45, 2.75) is 24.8 Å². The molecular formula is C20H30ClF2N3O4. The second kappa shape index (κ2) is 12.0. The highest BCUT2D eigenvalue weighted by atomic mass is 35.5. The first-order chi connectivity index (χ1) is 13.9. The van der Waals surface area contributed by atoms with Gasteiger partial charge in [0.05, 0.1) is 19.9 Å². The van der Waals surface area contributed by atoms with Crippen molar-refractivity contribution in [3.8, 4) is 5.75 Å². The number of methoxy groups -OCH3 is 2. The van der Waals surface area contributed by atoms with Crippen molar-refractivity contribution in [1.82, 2.24) is 9.91 Å². The quantitative estimate of drug-likeness (QED) is 0.294. The van der Waals surface area contributed by atoms with Gasteiger partial charge in [0, 0.05) is 32.8 Å². The number of benzene rings is 1. The Bertz CT molecular complexity index is 732. The smallest absolute Gasteiger partial charge is 0.333 e. The fraction of sp³-hybridized carbons (Fsp3) is 0.600.